The van der Waals surface area contributed by atoms with Gasteiger partial charge in [-0.1, -0.05) is 0 Å². The molecule has 3 atom stereocenters. The van der Waals surface area contributed by atoms with Gasteiger partial charge in [0.1, 0.15) is 0 Å². The van der Waals surface area contributed by atoms with E-state index in [2.05, 4.69) is 23.3 Å². The molecule has 1 aliphatic heterocycles. The lowest BCUT2D eigenvalue weighted by Crippen LogP contribution is -2.46. The van der Waals surface area contributed by atoms with Crippen LogP contribution in [0.15, 0.2) is 11.4 Å². The van der Waals surface area contributed by atoms with E-state index in [9.17, 15) is 4.79 Å². The average molecular weight is 329 g/mol. The highest BCUT2D eigenvalue weighted by atomic mass is 35.5. The summed E-state index contributed by atoms with van der Waals surface area (Å²) < 4.78 is 0. The maximum absolute atomic E-state index is 12.9. The van der Waals surface area contributed by atoms with Crippen LogP contribution in [-0.4, -0.2) is 29.9 Å². The molecule has 3 nitrogen and oxygen atoms in total. The molecule has 3 rings (SSSR count). The zero-order chi connectivity index (χ0) is 14.1. The fraction of sp³-hybridized carbons (Fsp3) is 0.688. The Kier molecular flexibility index (Phi) is 5.69. The molecule has 5 heteroatoms. The zero-order valence-corrected chi connectivity index (χ0v) is 14.2. The van der Waals surface area contributed by atoms with Crippen LogP contribution in [0.2, 0.25) is 0 Å². The van der Waals surface area contributed by atoms with E-state index < -0.39 is 0 Å². The summed E-state index contributed by atoms with van der Waals surface area (Å²) >= 11 is 1.81. The van der Waals surface area contributed by atoms with Crippen molar-refractivity contribution in [2.75, 3.05) is 13.1 Å². The topological polar surface area (TPSA) is 46.3 Å². The molecule has 0 saturated carbocycles. The third kappa shape index (κ3) is 3.43. The molecule has 1 aromatic heterocycles. The summed E-state index contributed by atoms with van der Waals surface area (Å²) in [6.07, 6.45) is 5.58. The molecule has 0 spiro atoms. The summed E-state index contributed by atoms with van der Waals surface area (Å²) in [4.78, 5) is 16.4. The quantitative estimate of drug-likeness (QED) is 0.906. The number of hydrogen-bond acceptors (Lipinski definition) is 3. The third-order valence-electron chi connectivity index (χ3n) is 4.86. The van der Waals surface area contributed by atoms with Gasteiger partial charge < -0.3 is 10.6 Å². The van der Waals surface area contributed by atoms with E-state index in [-0.39, 0.29) is 24.4 Å². The van der Waals surface area contributed by atoms with Gasteiger partial charge in [-0.05, 0) is 62.0 Å². The van der Waals surface area contributed by atoms with E-state index in [1.165, 1.54) is 10.4 Å². The van der Waals surface area contributed by atoms with Gasteiger partial charge in [-0.2, -0.15) is 0 Å². The Morgan fingerprint density at radius 1 is 1.43 bits per heavy atom. The smallest absolute Gasteiger partial charge is 0.230 e. The second-order valence-electron chi connectivity index (χ2n) is 6.29. The first kappa shape index (κ1) is 16.8. The molecule has 0 radical (unpaired) electrons. The van der Waals surface area contributed by atoms with Crippen molar-refractivity contribution >= 4 is 29.7 Å². The van der Waals surface area contributed by atoms with E-state index in [1.807, 2.05) is 11.3 Å². The van der Waals surface area contributed by atoms with Crippen LogP contribution in [0.1, 0.15) is 49.0 Å². The molecule has 1 aromatic rings. The molecule has 1 aliphatic carbocycles. The number of likely N-dealkylation sites (tertiary alicyclic amines) is 1. The predicted octanol–water partition coefficient (Wildman–Crippen LogP) is 3.18. The molecular weight excluding hydrogens is 304 g/mol. The van der Waals surface area contributed by atoms with Crippen LogP contribution in [-0.2, 0) is 11.2 Å². The van der Waals surface area contributed by atoms with E-state index in [1.54, 1.807) is 0 Å². The number of nitrogens with two attached hydrogens (primary N) is 1. The van der Waals surface area contributed by atoms with Gasteiger partial charge in [0.2, 0.25) is 5.91 Å². The maximum Gasteiger partial charge on any atom is 0.230 e. The van der Waals surface area contributed by atoms with Crippen LogP contribution in [0.25, 0.3) is 0 Å². The molecule has 118 valence electrons. The minimum atomic E-state index is 0. The number of hydrogen-bond donors (Lipinski definition) is 1. The molecule has 2 heterocycles. The number of rotatable bonds is 2. The summed E-state index contributed by atoms with van der Waals surface area (Å²) in [5, 5.41) is 2.14. The van der Waals surface area contributed by atoms with Gasteiger partial charge in [-0.3, -0.25) is 4.79 Å². The number of thiophene rings is 1. The molecule has 2 N–H and O–H groups in total. The predicted molar refractivity (Wildman–Crippen MR) is 90.2 cm³/mol. The fourth-order valence-electron chi connectivity index (χ4n) is 3.60. The summed E-state index contributed by atoms with van der Waals surface area (Å²) in [6.45, 7) is 3.83. The molecule has 0 aromatic carbocycles. The Bertz CT molecular complexity index is 488. The van der Waals surface area contributed by atoms with Gasteiger partial charge in [0.25, 0.3) is 0 Å². The molecule has 3 unspecified atom stereocenters. The minimum Gasteiger partial charge on any atom is -0.342 e. The van der Waals surface area contributed by atoms with E-state index in [0.717, 1.165) is 45.2 Å². The highest BCUT2D eigenvalue weighted by Gasteiger charge is 2.33. The van der Waals surface area contributed by atoms with Gasteiger partial charge >= 0.3 is 0 Å². The van der Waals surface area contributed by atoms with Crippen LogP contribution in [0.3, 0.4) is 0 Å². The van der Waals surface area contributed by atoms with Crippen LogP contribution < -0.4 is 5.73 Å². The third-order valence-corrected chi connectivity index (χ3v) is 5.86. The minimum absolute atomic E-state index is 0. The molecule has 1 amide bonds. The first-order valence-electron chi connectivity index (χ1n) is 7.77. The molecule has 0 bridgehead atoms. The van der Waals surface area contributed by atoms with Crippen molar-refractivity contribution in [1.29, 1.82) is 0 Å². The number of fused-ring (bicyclic) bond motifs is 1. The van der Waals surface area contributed by atoms with Crippen molar-refractivity contribution < 1.29 is 4.79 Å². The number of carbonyl (C=O) groups is 1. The average Bonchev–Trinajstić information content (AvgIpc) is 2.95. The van der Waals surface area contributed by atoms with Crippen LogP contribution >= 0.6 is 23.7 Å². The van der Waals surface area contributed by atoms with Crippen molar-refractivity contribution in [3.63, 3.8) is 0 Å². The monoisotopic (exact) mass is 328 g/mol. The van der Waals surface area contributed by atoms with E-state index in [0.29, 0.717) is 11.8 Å². The summed E-state index contributed by atoms with van der Waals surface area (Å²) in [5.74, 6) is 0.921. The fourth-order valence-corrected chi connectivity index (χ4v) is 4.59. The van der Waals surface area contributed by atoms with Gasteiger partial charge in [0, 0.05) is 24.0 Å². The maximum atomic E-state index is 12.9. The number of halogens is 1. The second kappa shape index (κ2) is 7.12. The van der Waals surface area contributed by atoms with Crippen molar-refractivity contribution in [2.45, 2.75) is 51.0 Å². The molecule has 21 heavy (non-hydrogen) atoms. The second-order valence-corrected chi connectivity index (χ2v) is 7.29. The number of nitrogens with zero attached hydrogens (tertiary/aromatic N) is 1. The standard InChI is InChI=1S/C16H24N2OS.ClH/c1-11(17)12-4-3-8-18(10-12)16(19)14-5-2-6-15-13(14)7-9-20-15;/h7,9,11-12,14H,2-6,8,10,17H2,1H3;1H. The van der Waals surface area contributed by atoms with Gasteiger partial charge in [0.05, 0.1) is 5.92 Å². The highest BCUT2D eigenvalue weighted by Crippen LogP contribution is 2.36. The van der Waals surface area contributed by atoms with Crippen molar-refractivity contribution in [3.05, 3.63) is 21.9 Å². The molecular formula is C16H25ClN2OS. The number of carbonyl (C=O) groups excluding carboxylic acids is 1. The van der Waals surface area contributed by atoms with Gasteiger partial charge in [-0.25, -0.2) is 0 Å². The first-order chi connectivity index (χ1) is 9.66. The Balaban J connectivity index is 0.00000161. The zero-order valence-electron chi connectivity index (χ0n) is 12.6. The lowest BCUT2D eigenvalue weighted by atomic mass is 9.85. The normalized spacial score (nSPS) is 26.7. The van der Waals surface area contributed by atoms with E-state index >= 15 is 0 Å². The van der Waals surface area contributed by atoms with Crippen LogP contribution in [0, 0.1) is 5.92 Å². The summed E-state index contributed by atoms with van der Waals surface area (Å²) in [6, 6.07) is 2.35. The SMILES string of the molecule is CC(N)C1CCCN(C(=O)C2CCCc3sccc32)C1.Cl. The molecule has 1 fully saturated rings. The van der Waals surface area contributed by atoms with E-state index in [4.69, 9.17) is 5.73 Å². The Hall–Kier alpha value is -0.580. The lowest BCUT2D eigenvalue weighted by molar-refractivity contribution is -0.135. The Morgan fingerprint density at radius 3 is 3.00 bits per heavy atom. The van der Waals surface area contributed by atoms with Gasteiger partial charge in [-0.15, -0.1) is 23.7 Å². The number of aryl methyl sites for hydroxylation is 1. The largest absolute Gasteiger partial charge is 0.342 e. The van der Waals surface area contributed by atoms with Crippen molar-refractivity contribution in [1.82, 2.24) is 4.90 Å². The number of amides is 1. The Morgan fingerprint density at radius 2 is 2.24 bits per heavy atom. The molecule has 2 aliphatic rings. The van der Waals surface area contributed by atoms with Crippen LogP contribution in [0.5, 0.6) is 0 Å². The van der Waals surface area contributed by atoms with Crippen LogP contribution in [0.4, 0.5) is 0 Å². The lowest BCUT2D eigenvalue weighted by Gasteiger charge is -2.37. The highest BCUT2D eigenvalue weighted by molar-refractivity contribution is 7.10. The first-order valence-corrected chi connectivity index (χ1v) is 8.65. The summed E-state index contributed by atoms with van der Waals surface area (Å²) in [7, 11) is 0. The van der Waals surface area contributed by atoms with Crippen molar-refractivity contribution in [3.8, 4) is 0 Å². The Labute approximate surface area is 137 Å². The van der Waals surface area contributed by atoms with Gasteiger partial charge in [0.15, 0.2) is 0 Å². The van der Waals surface area contributed by atoms with Crippen molar-refractivity contribution in [2.24, 2.45) is 11.7 Å². The number of piperidine rings is 1. The molecule has 1 saturated heterocycles. The summed E-state index contributed by atoms with van der Waals surface area (Å²) in [5.41, 5.74) is 7.33.